The van der Waals surface area contributed by atoms with E-state index in [1.54, 1.807) is 0 Å². The Hall–Kier alpha value is -0.960. The van der Waals surface area contributed by atoms with Gasteiger partial charge in [0.25, 0.3) is 5.24 Å². The monoisotopic (exact) mass is 263 g/mol. The van der Waals surface area contributed by atoms with Gasteiger partial charge in [-0.25, -0.2) is 0 Å². The number of amides is 1. The third-order valence-corrected chi connectivity index (χ3v) is 4.22. The largest absolute Gasteiger partial charge is 0.328 e. The molecular formula is C15H21NOS. The summed E-state index contributed by atoms with van der Waals surface area (Å²) in [5.41, 5.74) is 1.20. The van der Waals surface area contributed by atoms with Gasteiger partial charge in [-0.2, -0.15) is 0 Å². The molecule has 2 unspecified atom stereocenters. The minimum absolute atomic E-state index is 0.0906. The standard InChI is InChI=1S/C15H21NOS/c1-12-8-9-15(2,16(11-12)14(17)18)10-13-6-4-3-5-7-13/h3-7,12H,8-11H2,1-2H3,(H,17,18). The van der Waals surface area contributed by atoms with Gasteiger partial charge in [-0.05, 0) is 37.7 Å². The number of nitrogens with zero attached hydrogens (tertiary/aromatic N) is 1. The van der Waals surface area contributed by atoms with Crippen molar-refractivity contribution in [3.05, 3.63) is 35.9 Å². The number of hydrogen-bond donors (Lipinski definition) is 1. The van der Waals surface area contributed by atoms with E-state index in [0.717, 1.165) is 19.4 Å². The molecule has 2 nitrogen and oxygen atoms in total. The van der Waals surface area contributed by atoms with Crippen molar-refractivity contribution < 1.29 is 4.79 Å². The van der Waals surface area contributed by atoms with Crippen LogP contribution in [0.1, 0.15) is 32.3 Å². The van der Waals surface area contributed by atoms with Crippen LogP contribution in [0.25, 0.3) is 0 Å². The Morgan fingerprint density at radius 2 is 2.11 bits per heavy atom. The van der Waals surface area contributed by atoms with Crippen LogP contribution in [-0.2, 0) is 6.42 Å². The van der Waals surface area contributed by atoms with Crippen LogP contribution in [-0.4, -0.2) is 22.2 Å². The molecule has 18 heavy (non-hydrogen) atoms. The van der Waals surface area contributed by atoms with Crippen LogP contribution in [0.3, 0.4) is 0 Å². The number of likely N-dealkylation sites (tertiary alicyclic amines) is 1. The van der Waals surface area contributed by atoms with Gasteiger partial charge in [0.05, 0.1) is 0 Å². The van der Waals surface area contributed by atoms with Gasteiger partial charge in [-0.3, -0.25) is 4.79 Å². The first kappa shape index (κ1) is 13.5. The lowest BCUT2D eigenvalue weighted by atomic mass is 9.80. The molecule has 0 bridgehead atoms. The molecule has 0 N–H and O–H groups in total. The molecule has 0 radical (unpaired) electrons. The average Bonchev–Trinajstić information content (AvgIpc) is 2.33. The molecule has 0 saturated carbocycles. The number of hydrogen-bond acceptors (Lipinski definition) is 1. The summed E-state index contributed by atoms with van der Waals surface area (Å²) in [5, 5.41) is -0.0972. The highest BCUT2D eigenvalue weighted by molar-refractivity contribution is 7.96. The summed E-state index contributed by atoms with van der Waals surface area (Å²) in [6.07, 6.45) is 3.14. The van der Waals surface area contributed by atoms with Crippen molar-refractivity contribution >= 4 is 17.9 Å². The number of carbonyl (C=O) groups excluding carboxylic acids is 1. The second kappa shape index (κ2) is 5.35. The van der Waals surface area contributed by atoms with E-state index >= 15 is 0 Å². The maximum Gasteiger partial charge on any atom is 0.279 e. The number of carbonyl (C=O) groups is 1. The summed E-state index contributed by atoms with van der Waals surface area (Å²) in [6.45, 7) is 5.21. The Morgan fingerprint density at radius 1 is 1.44 bits per heavy atom. The molecule has 2 rings (SSSR count). The fourth-order valence-corrected chi connectivity index (χ4v) is 3.17. The van der Waals surface area contributed by atoms with Crippen LogP contribution in [0, 0.1) is 5.92 Å². The molecule has 0 spiro atoms. The van der Waals surface area contributed by atoms with E-state index in [4.69, 9.17) is 0 Å². The molecule has 1 aliphatic heterocycles. The van der Waals surface area contributed by atoms with Gasteiger partial charge >= 0.3 is 0 Å². The summed E-state index contributed by atoms with van der Waals surface area (Å²) >= 11 is 4.05. The van der Waals surface area contributed by atoms with Crippen LogP contribution in [0.5, 0.6) is 0 Å². The zero-order valence-electron chi connectivity index (χ0n) is 11.1. The van der Waals surface area contributed by atoms with Crippen molar-refractivity contribution in [2.45, 2.75) is 38.6 Å². The molecule has 98 valence electrons. The van der Waals surface area contributed by atoms with Crippen molar-refractivity contribution in [3.8, 4) is 0 Å². The second-order valence-corrected chi connectivity index (χ2v) is 6.08. The zero-order valence-corrected chi connectivity index (χ0v) is 12.0. The Labute approximate surface area is 115 Å². The lowest BCUT2D eigenvalue weighted by molar-refractivity contribution is 0.0806. The van der Waals surface area contributed by atoms with E-state index in [9.17, 15) is 4.79 Å². The molecular weight excluding hydrogens is 242 g/mol. The molecule has 1 saturated heterocycles. The normalized spacial score (nSPS) is 28.2. The predicted octanol–water partition coefficient (Wildman–Crippen LogP) is 3.77. The number of benzene rings is 1. The van der Waals surface area contributed by atoms with Gasteiger partial charge in [-0.1, -0.05) is 49.9 Å². The second-order valence-electron chi connectivity index (χ2n) is 5.70. The summed E-state index contributed by atoms with van der Waals surface area (Å²) in [5.74, 6) is 0.574. The Balaban J connectivity index is 2.19. The molecule has 0 aromatic heterocycles. The average molecular weight is 263 g/mol. The fraction of sp³-hybridized carbons (Fsp3) is 0.533. The maximum atomic E-state index is 11.7. The lowest BCUT2D eigenvalue weighted by Gasteiger charge is -2.46. The number of thiol groups is 1. The van der Waals surface area contributed by atoms with Gasteiger partial charge < -0.3 is 4.90 Å². The van der Waals surface area contributed by atoms with Crippen LogP contribution < -0.4 is 0 Å². The minimum atomic E-state index is -0.0972. The van der Waals surface area contributed by atoms with Gasteiger partial charge in [-0.15, -0.1) is 0 Å². The maximum absolute atomic E-state index is 11.7. The van der Waals surface area contributed by atoms with E-state index in [-0.39, 0.29) is 10.8 Å². The van der Waals surface area contributed by atoms with Gasteiger partial charge in [0.1, 0.15) is 0 Å². The summed E-state index contributed by atoms with van der Waals surface area (Å²) in [4.78, 5) is 13.7. The van der Waals surface area contributed by atoms with Crippen LogP contribution in [0.4, 0.5) is 4.79 Å². The Bertz CT molecular complexity index is 420. The highest BCUT2D eigenvalue weighted by Gasteiger charge is 2.38. The number of piperidine rings is 1. The first-order valence-electron chi connectivity index (χ1n) is 6.56. The van der Waals surface area contributed by atoms with E-state index in [0.29, 0.717) is 5.92 Å². The van der Waals surface area contributed by atoms with Crippen molar-refractivity contribution in [1.82, 2.24) is 4.90 Å². The van der Waals surface area contributed by atoms with Gasteiger partial charge in [0.15, 0.2) is 0 Å². The highest BCUT2D eigenvalue weighted by atomic mass is 32.1. The molecule has 1 amide bonds. The van der Waals surface area contributed by atoms with Gasteiger partial charge in [0, 0.05) is 12.1 Å². The predicted molar refractivity (Wildman–Crippen MR) is 78.0 cm³/mol. The third-order valence-electron chi connectivity index (χ3n) is 3.98. The first-order chi connectivity index (χ1) is 8.51. The van der Waals surface area contributed by atoms with Crippen molar-refractivity contribution in [2.24, 2.45) is 5.92 Å². The number of rotatable bonds is 2. The van der Waals surface area contributed by atoms with Crippen molar-refractivity contribution in [1.29, 1.82) is 0 Å². The summed E-state index contributed by atoms with van der Waals surface area (Å²) < 4.78 is 0. The quantitative estimate of drug-likeness (QED) is 0.805. The van der Waals surface area contributed by atoms with E-state index in [1.807, 2.05) is 11.0 Å². The first-order valence-corrected chi connectivity index (χ1v) is 7.00. The topological polar surface area (TPSA) is 20.3 Å². The van der Waals surface area contributed by atoms with Gasteiger partial charge in [0.2, 0.25) is 0 Å². The van der Waals surface area contributed by atoms with Crippen LogP contribution >= 0.6 is 12.6 Å². The van der Waals surface area contributed by atoms with Crippen LogP contribution in [0.15, 0.2) is 30.3 Å². The Morgan fingerprint density at radius 3 is 2.72 bits per heavy atom. The van der Waals surface area contributed by atoms with Crippen LogP contribution in [0.2, 0.25) is 0 Å². The summed E-state index contributed by atoms with van der Waals surface area (Å²) in [7, 11) is 0. The zero-order chi connectivity index (χ0) is 13.2. The van der Waals surface area contributed by atoms with E-state index < -0.39 is 0 Å². The SMILES string of the molecule is CC1CCC(C)(Cc2ccccc2)N(C(=O)S)C1. The molecule has 0 aliphatic carbocycles. The van der Waals surface area contributed by atoms with Crippen molar-refractivity contribution in [3.63, 3.8) is 0 Å². The lowest BCUT2D eigenvalue weighted by Crippen LogP contribution is -2.54. The molecule has 3 heteroatoms. The van der Waals surface area contributed by atoms with E-state index in [1.165, 1.54) is 12.0 Å². The highest BCUT2D eigenvalue weighted by Crippen LogP contribution is 2.34. The molecule has 2 atom stereocenters. The smallest absolute Gasteiger partial charge is 0.279 e. The summed E-state index contributed by atoms with van der Waals surface area (Å²) in [6, 6.07) is 10.4. The Kier molecular flexibility index (Phi) is 4.00. The molecule has 1 aliphatic rings. The molecule has 1 fully saturated rings. The molecule has 1 aromatic rings. The third kappa shape index (κ3) is 2.89. The molecule has 1 aromatic carbocycles. The molecule has 1 heterocycles. The van der Waals surface area contributed by atoms with Crippen molar-refractivity contribution in [2.75, 3.05) is 6.54 Å². The van der Waals surface area contributed by atoms with E-state index in [2.05, 4.69) is 50.7 Å². The fourth-order valence-electron chi connectivity index (χ4n) is 2.84. The minimum Gasteiger partial charge on any atom is -0.328 e.